The molecular weight excluding hydrogens is 410 g/mol. The Morgan fingerprint density at radius 3 is 1.45 bits per heavy atom. The van der Waals surface area contributed by atoms with Gasteiger partial charge in [-0.05, 0) is 79.1 Å². The minimum Gasteiger partial charge on any atom is -0.284 e. The maximum atomic E-state index is 11.2. The number of nitrogens with one attached hydrogen (secondary N) is 1. The normalized spacial score (nSPS) is 11.9. The van der Waals surface area contributed by atoms with Crippen LogP contribution in [0.3, 0.4) is 0 Å². The van der Waals surface area contributed by atoms with Crippen molar-refractivity contribution in [2.45, 2.75) is 26.2 Å². The van der Waals surface area contributed by atoms with Gasteiger partial charge in [-0.15, -0.1) is 0 Å². The van der Waals surface area contributed by atoms with Crippen LogP contribution in [0, 0.1) is 0 Å². The highest BCUT2D eigenvalue weighted by Crippen LogP contribution is 2.24. The minimum atomic E-state index is -3.30. The highest BCUT2D eigenvalue weighted by molar-refractivity contribution is 7.92. The molecule has 0 spiro atoms. The third kappa shape index (κ3) is 7.75. The van der Waals surface area contributed by atoms with Crippen LogP contribution < -0.4 is 4.72 Å². The van der Waals surface area contributed by atoms with Gasteiger partial charge in [-0.2, -0.15) is 20.5 Å². The number of nitrogens with zero attached hydrogens (tertiary/aromatic N) is 4. The van der Waals surface area contributed by atoms with Crippen molar-refractivity contribution in [2.75, 3.05) is 11.0 Å². The molecule has 0 atom stereocenters. The molecule has 0 aliphatic heterocycles. The summed E-state index contributed by atoms with van der Waals surface area (Å²) < 4.78 is 24.9. The molecule has 0 aromatic heterocycles. The van der Waals surface area contributed by atoms with Crippen molar-refractivity contribution in [3.63, 3.8) is 0 Å². The number of unbranched alkanes of at least 4 members (excludes halogenated alkanes) is 1. The second-order valence-corrected chi connectivity index (χ2v) is 8.86. The van der Waals surface area contributed by atoms with E-state index in [1.807, 2.05) is 36.4 Å². The molecule has 8 heteroatoms. The Morgan fingerprint density at radius 1 is 0.677 bits per heavy atom. The average molecular weight is 436 g/mol. The first-order valence-corrected chi connectivity index (χ1v) is 11.9. The van der Waals surface area contributed by atoms with Crippen molar-refractivity contribution in [1.29, 1.82) is 0 Å². The van der Waals surface area contributed by atoms with Crippen LogP contribution in [0.4, 0.5) is 28.4 Å². The zero-order chi connectivity index (χ0) is 22.1. The first-order chi connectivity index (χ1) is 14.9. The number of rotatable bonds is 9. The van der Waals surface area contributed by atoms with Crippen LogP contribution >= 0.6 is 0 Å². The van der Waals surface area contributed by atoms with Crippen LogP contribution in [0.5, 0.6) is 0 Å². The predicted molar refractivity (Wildman–Crippen MR) is 125 cm³/mol. The van der Waals surface area contributed by atoms with Crippen LogP contribution in [0.25, 0.3) is 0 Å². The molecule has 1 N–H and O–H groups in total. The molecule has 0 aliphatic carbocycles. The largest absolute Gasteiger partial charge is 0.284 e. The van der Waals surface area contributed by atoms with Crippen molar-refractivity contribution < 1.29 is 8.42 Å². The van der Waals surface area contributed by atoms with Crippen LogP contribution in [0.2, 0.25) is 0 Å². The van der Waals surface area contributed by atoms with E-state index in [1.54, 1.807) is 24.3 Å². The summed E-state index contributed by atoms with van der Waals surface area (Å²) in [6.45, 7) is 2.19. The van der Waals surface area contributed by atoms with Gasteiger partial charge in [0.2, 0.25) is 10.0 Å². The first-order valence-electron chi connectivity index (χ1n) is 10.0. The Kier molecular flexibility index (Phi) is 7.61. The van der Waals surface area contributed by atoms with E-state index in [9.17, 15) is 8.42 Å². The van der Waals surface area contributed by atoms with Gasteiger partial charge in [0.05, 0.1) is 29.0 Å². The van der Waals surface area contributed by atoms with Gasteiger partial charge in [0, 0.05) is 5.69 Å². The molecule has 0 fully saturated rings. The number of hydrogen-bond donors (Lipinski definition) is 1. The molecular formula is C23H25N5O2S. The lowest BCUT2D eigenvalue weighted by atomic mass is 10.1. The maximum absolute atomic E-state index is 11.2. The van der Waals surface area contributed by atoms with Crippen molar-refractivity contribution in [2.24, 2.45) is 20.5 Å². The quantitative estimate of drug-likeness (QED) is 0.359. The number of sulfonamides is 1. The Labute approximate surface area is 183 Å². The molecule has 0 bridgehead atoms. The molecule has 0 radical (unpaired) electrons. The molecule has 0 unspecified atom stereocenters. The fourth-order valence-corrected chi connectivity index (χ4v) is 3.30. The smallest absolute Gasteiger partial charge is 0.229 e. The third-order valence-electron chi connectivity index (χ3n) is 4.34. The summed E-state index contributed by atoms with van der Waals surface area (Å²) in [7, 11) is -3.30. The Balaban J connectivity index is 1.57. The maximum Gasteiger partial charge on any atom is 0.229 e. The molecule has 7 nitrogen and oxygen atoms in total. The summed E-state index contributed by atoms with van der Waals surface area (Å²) in [4.78, 5) is 0. The zero-order valence-electron chi connectivity index (χ0n) is 17.6. The van der Waals surface area contributed by atoms with Gasteiger partial charge in [-0.1, -0.05) is 25.5 Å². The van der Waals surface area contributed by atoms with Crippen molar-refractivity contribution >= 4 is 38.5 Å². The summed E-state index contributed by atoms with van der Waals surface area (Å²) in [5.41, 5.74) is 4.63. The molecule has 160 valence electrons. The van der Waals surface area contributed by atoms with E-state index in [4.69, 9.17) is 0 Å². The van der Waals surface area contributed by atoms with Crippen molar-refractivity contribution in [1.82, 2.24) is 0 Å². The lowest BCUT2D eigenvalue weighted by Gasteiger charge is -2.02. The van der Waals surface area contributed by atoms with E-state index in [2.05, 4.69) is 44.2 Å². The fraction of sp³-hybridized carbons (Fsp3) is 0.217. The number of benzene rings is 3. The van der Waals surface area contributed by atoms with Gasteiger partial charge >= 0.3 is 0 Å². The van der Waals surface area contributed by atoms with E-state index in [1.165, 1.54) is 18.4 Å². The summed E-state index contributed by atoms with van der Waals surface area (Å²) in [5, 5.41) is 16.9. The van der Waals surface area contributed by atoms with Gasteiger partial charge < -0.3 is 0 Å². The average Bonchev–Trinajstić information content (AvgIpc) is 2.76. The van der Waals surface area contributed by atoms with E-state index in [0.717, 1.165) is 24.1 Å². The monoisotopic (exact) mass is 435 g/mol. The molecule has 3 aromatic carbocycles. The highest BCUT2D eigenvalue weighted by atomic mass is 32.2. The van der Waals surface area contributed by atoms with E-state index < -0.39 is 10.0 Å². The topological polar surface area (TPSA) is 95.6 Å². The van der Waals surface area contributed by atoms with Crippen LogP contribution in [0.1, 0.15) is 25.3 Å². The zero-order valence-corrected chi connectivity index (χ0v) is 18.4. The van der Waals surface area contributed by atoms with Crippen molar-refractivity contribution in [3.05, 3.63) is 78.4 Å². The number of aryl methyl sites for hydroxylation is 1. The van der Waals surface area contributed by atoms with Crippen LogP contribution in [-0.2, 0) is 16.4 Å². The SMILES string of the molecule is CCCCc1ccc(N=Nc2ccc(N=Nc3ccc(NS(C)(=O)=O)cc3)cc2)cc1. The molecule has 0 saturated carbocycles. The molecule has 0 amide bonds. The van der Waals surface area contributed by atoms with Gasteiger partial charge in [0.1, 0.15) is 0 Å². The lowest BCUT2D eigenvalue weighted by molar-refractivity contribution is 0.607. The first kappa shape index (κ1) is 22.3. The minimum absolute atomic E-state index is 0.478. The molecule has 3 rings (SSSR count). The molecule has 3 aromatic rings. The summed E-state index contributed by atoms with van der Waals surface area (Å²) in [6.07, 6.45) is 4.57. The Hall–Kier alpha value is -3.39. The summed E-state index contributed by atoms with van der Waals surface area (Å²) >= 11 is 0. The van der Waals surface area contributed by atoms with Crippen molar-refractivity contribution in [3.8, 4) is 0 Å². The summed E-state index contributed by atoms with van der Waals surface area (Å²) in [6, 6.07) is 22.1. The fourth-order valence-electron chi connectivity index (χ4n) is 2.74. The number of hydrogen-bond acceptors (Lipinski definition) is 6. The van der Waals surface area contributed by atoms with Crippen LogP contribution in [-0.4, -0.2) is 14.7 Å². The second-order valence-electron chi connectivity index (χ2n) is 7.11. The number of azo groups is 2. The standard InChI is InChI=1S/C23H25N5O2S/c1-3-4-5-18-6-8-19(9-7-18)24-25-20-10-12-21(13-11-20)26-27-22-14-16-23(17-15-22)28-31(2,29)30/h6-17,28H,3-5H2,1-2H3. The lowest BCUT2D eigenvalue weighted by Crippen LogP contribution is -2.09. The Bertz CT molecular complexity index is 1140. The number of anilines is 1. The second kappa shape index (κ2) is 10.6. The van der Waals surface area contributed by atoms with E-state index in [-0.39, 0.29) is 0 Å². The van der Waals surface area contributed by atoms with Gasteiger partial charge in [0.15, 0.2) is 0 Å². The molecule has 0 aliphatic rings. The van der Waals surface area contributed by atoms with E-state index >= 15 is 0 Å². The predicted octanol–water partition coefficient (Wildman–Crippen LogP) is 7.23. The van der Waals surface area contributed by atoms with Gasteiger partial charge in [-0.3, -0.25) is 4.72 Å². The third-order valence-corrected chi connectivity index (χ3v) is 4.94. The van der Waals surface area contributed by atoms with Gasteiger partial charge in [0.25, 0.3) is 0 Å². The molecule has 0 heterocycles. The van der Waals surface area contributed by atoms with Crippen LogP contribution in [0.15, 0.2) is 93.3 Å². The molecule has 31 heavy (non-hydrogen) atoms. The molecule has 0 saturated heterocycles. The van der Waals surface area contributed by atoms with Gasteiger partial charge in [-0.25, -0.2) is 8.42 Å². The highest BCUT2D eigenvalue weighted by Gasteiger charge is 2.01. The van der Waals surface area contributed by atoms with E-state index in [0.29, 0.717) is 17.1 Å². The Morgan fingerprint density at radius 2 is 1.06 bits per heavy atom. The summed E-state index contributed by atoms with van der Waals surface area (Å²) in [5.74, 6) is 0.